The number of morpholine rings is 1. The molecule has 0 saturated carbocycles. The van der Waals surface area contributed by atoms with Crippen LogP contribution in [0.4, 0.5) is 0 Å². The summed E-state index contributed by atoms with van der Waals surface area (Å²) in [7, 11) is 0. The van der Waals surface area contributed by atoms with E-state index in [-0.39, 0.29) is 5.54 Å². The van der Waals surface area contributed by atoms with E-state index in [1.165, 1.54) is 4.88 Å². The molecule has 0 aromatic carbocycles. The maximum absolute atomic E-state index is 5.48. The Kier molecular flexibility index (Phi) is 2.67. The van der Waals surface area contributed by atoms with Gasteiger partial charge in [0.25, 0.3) is 0 Å². The van der Waals surface area contributed by atoms with Crippen molar-refractivity contribution in [2.24, 2.45) is 0 Å². The van der Waals surface area contributed by atoms with Gasteiger partial charge >= 0.3 is 0 Å². The van der Waals surface area contributed by atoms with Gasteiger partial charge in [-0.05, 0) is 18.4 Å². The molecule has 1 aromatic heterocycles. The Labute approximate surface area is 82.9 Å². The topological polar surface area (TPSA) is 21.3 Å². The molecule has 1 aromatic rings. The summed E-state index contributed by atoms with van der Waals surface area (Å²) >= 11 is 1.82. The van der Waals surface area contributed by atoms with Gasteiger partial charge in [-0.3, -0.25) is 0 Å². The SMILES string of the molecule is CC1(Cc2cccs2)COCCN1. The molecule has 1 saturated heterocycles. The van der Waals surface area contributed by atoms with Crippen LogP contribution in [0, 0.1) is 0 Å². The lowest BCUT2D eigenvalue weighted by atomic mass is 9.97. The summed E-state index contributed by atoms with van der Waals surface area (Å²) in [5.74, 6) is 0. The second kappa shape index (κ2) is 3.78. The molecule has 1 atom stereocenters. The van der Waals surface area contributed by atoms with Crippen molar-refractivity contribution < 1.29 is 4.74 Å². The van der Waals surface area contributed by atoms with Crippen molar-refractivity contribution in [1.82, 2.24) is 5.32 Å². The first-order valence-electron chi connectivity index (χ1n) is 4.64. The second-order valence-electron chi connectivity index (χ2n) is 3.80. The predicted octanol–water partition coefficient (Wildman–Crippen LogP) is 1.67. The summed E-state index contributed by atoms with van der Waals surface area (Å²) in [6, 6.07) is 4.29. The zero-order valence-corrected chi connectivity index (χ0v) is 8.69. The number of hydrogen-bond acceptors (Lipinski definition) is 3. The second-order valence-corrected chi connectivity index (χ2v) is 4.83. The predicted molar refractivity (Wildman–Crippen MR) is 55.2 cm³/mol. The van der Waals surface area contributed by atoms with Gasteiger partial charge < -0.3 is 10.1 Å². The minimum absolute atomic E-state index is 0.142. The molecule has 1 aliphatic rings. The highest BCUT2D eigenvalue weighted by Crippen LogP contribution is 2.19. The average Bonchev–Trinajstić information content (AvgIpc) is 2.57. The van der Waals surface area contributed by atoms with Crippen LogP contribution in [0.3, 0.4) is 0 Å². The van der Waals surface area contributed by atoms with E-state index < -0.39 is 0 Å². The van der Waals surface area contributed by atoms with Gasteiger partial charge in [0.15, 0.2) is 0 Å². The highest BCUT2D eigenvalue weighted by molar-refractivity contribution is 7.09. The molecule has 0 spiro atoms. The first-order chi connectivity index (χ1) is 6.29. The Morgan fingerprint density at radius 1 is 1.69 bits per heavy atom. The van der Waals surface area contributed by atoms with E-state index in [4.69, 9.17) is 4.74 Å². The highest BCUT2D eigenvalue weighted by atomic mass is 32.1. The molecule has 2 rings (SSSR count). The van der Waals surface area contributed by atoms with Crippen LogP contribution in [0.15, 0.2) is 17.5 Å². The van der Waals surface area contributed by atoms with E-state index in [0.29, 0.717) is 0 Å². The molecule has 0 radical (unpaired) electrons. The molecular weight excluding hydrogens is 182 g/mol. The van der Waals surface area contributed by atoms with Gasteiger partial charge in [-0.25, -0.2) is 0 Å². The van der Waals surface area contributed by atoms with E-state index in [0.717, 1.165) is 26.2 Å². The van der Waals surface area contributed by atoms with Crippen LogP contribution in [0.1, 0.15) is 11.8 Å². The van der Waals surface area contributed by atoms with Gasteiger partial charge in [-0.2, -0.15) is 0 Å². The fourth-order valence-electron chi connectivity index (χ4n) is 1.68. The van der Waals surface area contributed by atoms with Crippen molar-refractivity contribution in [2.45, 2.75) is 18.9 Å². The smallest absolute Gasteiger partial charge is 0.0649 e. The lowest BCUT2D eigenvalue weighted by Gasteiger charge is -2.34. The maximum atomic E-state index is 5.48. The molecular formula is C10H15NOS. The standard InChI is InChI=1S/C10H15NOS/c1-10(8-12-5-4-11-10)7-9-3-2-6-13-9/h2-3,6,11H,4-5,7-8H2,1H3. The van der Waals surface area contributed by atoms with Crippen LogP contribution in [0.5, 0.6) is 0 Å². The molecule has 0 bridgehead atoms. The first-order valence-corrected chi connectivity index (χ1v) is 5.52. The fraction of sp³-hybridized carbons (Fsp3) is 0.600. The number of thiophene rings is 1. The van der Waals surface area contributed by atoms with Crippen LogP contribution in [0.25, 0.3) is 0 Å². The molecule has 3 heteroatoms. The van der Waals surface area contributed by atoms with Crippen LogP contribution in [0.2, 0.25) is 0 Å². The third-order valence-electron chi connectivity index (χ3n) is 2.36. The number of ether oxygens (including phenoxy) is 1. The Balaban J connectivity index is 1.99. The van der Waals surface area contributed by atoms with Gasteiger partial charge in [0.05, 0.1) is 13.2 Å². The molecule has 0 aliphatic carbocycles. The normalized spacial score (nSPS) is 29.0. The molecule has 1 fully saturated rings. The van der Waals surface area contributed by atoms with Crippen LogP contribution in [-0.2, 0) is 11.2 Å². The van der Waals surface area contributed by atoms with Crippen molar-refractivity contribution in [3.05, 3.63) is 22.4 Å². The molecule has 72 valence electrons. The molecule has 0 amide bonds. The summed E-state index contributed by atoms with van der Waals surface area (Å²) in [6.07, 6.45) is 1.07. The van der Waals surface area contributed by atoms with Crippen LogP contribution < -0.4 is 5.32 Å². The Bertz CT molecular complexity index is 252. The van der Waals surface area contributed by atoms with E-state index >= 15 is 0 Å². The summed E-state index contributed by atoms with van der Waals surface area (Å²) < 4.78 is 5.48. The summed E-state index contributed by atoms with van der Waals surface area (Å²) in [5, 5.41) is 5.64. The number of nitrogens with one attached hydrogen (secondary N) is 1. The van der Waals surface area contributed by atoms with Crippen LogP contribution in [-0.4, -0.2) is 25.3 Å². The van der Waals surface area contributed by atoms with Gasteiger partial charge in [0.2, 0.25) is 0 Å². The third-order valence-corrected chi connectivity index (χ3v) is 3.24. The zero-order valence-electron chi connectivity index (χ0n) is 7.88. The lowest BCUT2D eigenvalue weighted by molar-refractivity contribution is 0.0359. The van der Waals surface area contributed by atoms with Gasteiger partial charge in [-0.15, -0.1) is 11.3 Å². The fourth-order valence-corrected chi connectivity index (χ4v) is 2.58. The Morgan fingerprint density at radius 3 is 3.23 bits per heavy atom. The van der Waals surface area contributed by atoms with Crippen molar-refractivity contribution in [3.8, 4) is 0 Å². The lowest BCUT2D eigenvalue weighted by Crippen LogP contribution is -2.53. The summed E-state index contributed by atoms with van der Waals surface area (Å²) in [4.78, 5) is 1.43. The highest BCUT2D eigenvalue weighted by Gasteiger charge is 2.27. The molecule has 13 heavy (non-hydrogen) atoms. The summed E-state index contributed by atoms with van der Waals surface area (Å²) in [6.45, 7) is 4.87. The first kappa shape index (κ1) is 9.19. The number of hydrogen-bond donors (Lipinski definition) is 1. The van der Waals surface area contributed by atoms with Gasteiger partial charge in [0.1, 0.15) is 0 Å². The quantitative estimate of drug-likeness (QED) is 0.778. The Morgan fingerprint density at radius 2 is 2.62 bits per heavy atom. The van der Waals surface area contributed by atoms with Crippen LogP contribution >= 0.6 is 11.3 Å². The Hall–Kier alpha value is -0.380. The maximum Gasteiger partial charge on any atom is 0.0649 e. The summed E-state index contributed by atoms with van der Waals surface area (Å²) in [5.41, 5.74) is 0.142. The van der Waals surface area contributed by atoms with Crippen molar-refractivity contribution in [1.29, 1.82) is 0 Å². The number of rotatable bonds is 2. The third kappa shape index (κ3) is 2.30. The minimum Gasteiger partial charge on any atom is -0.378 e. The molecule has 2 nitrogen and oxygen atoms in total. The molecule has 1 N–H and O–H groups in total. The average molecular weight is 197 g/mol. The largest absolute Gasteiger partial charge is 0.378 e. The van der Waals surface area contributed by atoms with Crippen molar-refractivity contribution in [2.75, 3.05) is 19.8 Å². The molecule has 2 heterocycles. The van der Waals surface area contributed by atoms with E-state index in [1.807, 2.05) is 11.3 Å². The minimum atomic E-state index is 0.142. The van der Waals surface area contributed by atoms with Crippen molar-refractivity contribution in [3.63, 3.8) is 0 Å². The van der Waals surface area contributed by atoms with E-state index in [9.17, 15) is 0 Å². The monoisotopic (exact) mass is 197 g/mol. The van der Waals surface area contributed by atoms with Crippen molar-refractivity contribution >= 4 is 11.3 Å². The van der Waals surface area contributed by atoms with Gasteiger partial charge in [0, 0.05) is 23.4 Å². The van der Waals surface area contributed by atoms with E-state index in [1.54, 1.807) is 0 Å². The molecule has 1 aliphatic heterocycles. The zero-order chi connectivity index (χ0) is 9.15. The molecule has 1 unspecified atom stereocenters. The van der Waals surface area contributed by atoms with E-state index in [2.05, 4.69) is 29.8 Å². The van der Waals surface area contributed by atoms with Gasteiger partial charge in [-0.1, -0.05) is 6.07 Å².